The zero-order valence-electron chi connectivity index (χ0n) is 29.4. The first-order valence-electron chi connectivity index (χ1n) is 17.3. The van der Waals surface area contributed by atoms with Crippen molar-refractivity contribution in [3.05, 3.63) is 41.5 Å². The summed E-state index contributed by atoms with van der Waals surface area (Å²) in [5.74, 6) is 0.525. The Morgan fingerprint density at radius 3 is 1.96 bits per heavy atom. The molecule has 9 nitrogen and oxygen atoms in total. The summed E-state index contributed by atoms with van der Waals surface area (Å²) in [5, 5.41) is 33.1. The lowest BCUT2D eigenvalue weighted by atomic mass is 9.44. The predicted octanol–water partition coefficient (Wildman–Crippen LogP) is 4.98. The van der Waals surface area contributed by atoms with Crippen LogP contribution < -0.4 is 0 Å². The van der Waals surface area contributed by atoms with Gasteiger partial charge in [0.25, 0.3) is 0 Å². The Morgan fingerprint density at radius 2 is 1.43 bits per heavy atom. The van der Waals surface area contributed by atoms with Gasteiger partial charge in [-0.3, -0.25) is 14.8 Å². The van der Waals surface area contributed by atoms with E-state index in [2.05, 4.69) is 37.7 Å². The monoisotopic (exact) mass is 650 g/mol. The number of carbonyl (C=O) groups excluding carboxylic acids is 2. The normalized spacial score (nSPS) is 35.3. The molecule has 258 valence electrons. The van der Waals surface area contributed by atoms with Gasteiger partial charge >= 0.3 is 11.9 Å². The van der Waals surface area contributed by atoms with Gasteiger partial charge in [0.05, 0.1) is 13.2 Å². The van der Waals surface area contributed by atoms with Crippen LogP contribution in [-0.4, -0.2) is 81.8 Å². The minimum absolute atomic E-state index is 0.0270. The third-order valence-corrected chi connectivity index (χ3v) is 12.4. The fourth-order valence-electron chi connectivity index (χ4n) is 9.10. The maximum atomic E-state index is 12.8. The topological polar surface area (TPSA) is 138 Å². The van der Waals surface area contributed by atoms with E-state index >= 15 is 0 Å². The van der Waals surface area contributed by atoms with Crippen molar-refractivity contribution in [3.8, 4) is 0 Å². The van der Waals surface area contributed by atoms with Gasteiger partial charge in [-0.1, -0.05) is 58.0 Å². The van der Waals surface area contributed by atoms with Crippen LogP contribution in [0.15, 0.2) is 40.3 Å². The van der Waals surface area contributed by atoms with Crippen LogP contribution >= 0.6 is 0 Å². The van der Waals surface area contributed by atoms with Gasteiger partial charge in [0, 0.05) is 11.4 Å². The number of fused-ring (bicyclic) bond motifs is 5. The van der Waals surface area contributed by atoms with Gasteiger partial charge in [-0.25, -0.2) is 4.79 Å². The molecule has 6 saturated carbocycles. The van der Waals surface area contributed by atoms with Crippen molar-refractivity contribution in [2.24, 2.45) is 44.5 Å². The summed E-state index contributed by atoms with van der Waals surface area (Å²) in [7, 11) is 0. The second-order valence-corrected chi connectivity index (χ2v) is 15.6. The number of hydrogen-bond donors (Lipinski definition) is 3. The highest BCUT2D eigenvalue weighted by molar-refractivity contribution is 5.97. The van der Waals surface area contributed by atoms with E-state index in [9.17, 15) is 24.9 Å². The Hall–Kier alpha value is -2.88. The van der Waals surface area contributed by atoms with Crippen molar-refractivity contribution >= 4 is 28.9 Å². The molecule has 0 heterocycles. The van der Waals surface area contributed by atoms with E-state index in [0.29, 0.717) is 36.1 Å². The highest BCUT2D eigenvalue weighted by Gasteiger charge is 2.62. The van der Waals surface area contributed by atoms with Gasteiger partial charge in [0.15, 0.2) is 6.04 Å². The molecule has 7 aliphatic rings. The number of aliphatic hydroxyl groups excluding tert-OH is 1. The number of aliphatic imine (C=N–C) groups is 2. The average molecular weight is 651 g/mol. The fourth-order valence-corrected chi connectivity index (χ4v) is 9.10. The van der Waals surface area contributed by atoms with E-state index in [1.807, 2.05) is 37.3 Å². The van der Waals surface area contributed by atoms with Crippen LogP contribution in [0, 0.1) is 34.5 Å². The van der Waals surface area contributed by atoms with E-state index < -0.39 is 29.3 Å². The zero-order chi connectivity index (χ0) is 34.5. The third-order valence-electron chi connectivity index (χ3n) is 12.4. The number of benzene rings is 1. The van der Waals surface area contributed by atoms with Crippen LogP contribution in [-0.2, 0) is 25.5 Å². The largest absolute Gasteiger partial charge is 0.465 e. The standard InChI is InChI=1S/C24H31NO4.C14H23NO3/c1-5-29-22(27)20(21(26)17-11-10-14-8-6-7-9-16(14)17)25-19-13-15-12-18(23(15,2)3)24(19,4)28;1-5-18-12(16)8-15-11-7-9-6-10(13(9,2)3)14(11,4)17/h6-9,11,15,18,20-21,26,28H,5,10,12-13H2,1-4H3;9-10,17H,5-8H2,1-4H3/t15-,18-,20-,21-,24-;9-,10-,14-/m00/s1. The predicted molar refractivity (Wildman–Crippen MR) is 182 cm³/mol. The molecule has 0 unspecified atom stereocenters. The highest BCUT2D eigenvalue weighted by atomic mass is 16.5. The number of rotatable bonds is 8. The number of esters is 2. The summed E-state index contributed by atoms with van der Waals surface area (Å²) in [5.41, 5.74) is 2.48. The molecule has 6 fully saturated rings. The van der Waals surface area contributed by atoms with Crippen LogP contribution in [0.3, 0.4) is 0 Å². The second kappa shape index (κ2) is 12.9. The number of carbonyl (C=O) groups is 2. The molecule has 1 aromatic carbocycles. The number of nitrogens with zero attached hydrogens (tertiary/aromatic N) is 2. The zero-order valence-corrected chi connectivity index (χ0v) is 29.4. The summed E-state index contributed by atoms with van der Waals surface area (Å²) in [4.78, 5) is 33.0. The van der Waals surface area contributed by atoms with Crippen molar-refractivity contribution in [1.29, 1.82) is 0 Å². The van der Waals surface area contributed by atoms with Crippen LogP contribution in [0.2, 0.25) is 0 Å². The lowest BCUT2D eigenvalue weighted by molar-refractivity contribution is -0.147. The lowest BCUT2D eigenvalue weighted by Crippen LogP contribution is -2.65. The van der Waals surface area contributed by atoms with Gasteiger partial charge in [-0.05, 0) is 111 Å². The van der Waals surface area contributed by atoms with Crippen LogP contribution in [0.4, 0.5) is 0 Å². The molecule has 47 heavy (non-hydrogen) atoms. The van der Waals surface area contributed by atoms with E-state index in [0.717, 1.165) is 42.5 Å². The fraction of sp³-hybridized carbons (Fsp3) is 0.684. The van der Waals surface area contributed by atoms with E-state index in [4.69, 9.17) is 9.47 Å². The molecule has 0 aliphatic heterocycles. The van der Waals surface area contributed by atoms with Crippen molar-refractivity contribution in [3.63, 3.8) is 0 Å². The quantitative estimate of drug-likeness (QED) is 0.337. The Labute approximate surface area is 279 Å². The molecule has 0 aromatic heterocycles. The molecule has 1 aromatic rings. The molecule has 0 saturated heterocycles. The Balaban J connectivity index is 0.000000207. The Morgan fingerprint density at radius 1 is 0.872 bits per heavy atom. The van der Waals surface area contributed by atoms with Gasteiger partial charge in [0.1, 0.15) is 23.9 Å². The summed E-state index contributed by atoms with van der Waals surface area (Å²) >= 11 is 0. The first-order chi connectivity index (χ1) is 22.0. The first-order valence-corrected chi connectivity index (χ1v) is 17.3. The molecule has 7 aliphatic carbocycles. The van der Waals surface area contributed by atoms with Crippen molar-refractivity contribution < 1.29 is 34.4 Å². The SMILES string of the molecule is CCOC(=O)CN=C1C[C@@H]2C[C@@H](C2(C)C)[C@]1(C)O.CCOC(=O)[C@@H](N=C1C[C@@H]2C[C@@H](C2(C)C)[C@]1(C)O)[C@@H](O)C1=CCc2ccccc21. The van der Waals surface area contributed by atoms with Crippen LogP contribution in [0.1, 0.15) is 92.2 Å². The molecule has 3 N–H and O–H groups in total. The molecule has 0 amide bonds. The molecule has 0 spiro atoms. The average Bonchev–Trinajstić information content (AvgIpc) is 3.43. The molecule has 0 radical (unpaired) electrons. The smallest absolute Gasteiger partial charge is 0.333 e. The minimum Gasteiger partial charge on any atom is -0.465 e. The number of aliphatic hydroxyl groups is 3. The van der Waals surface area contributed by atoms with Gasteiger partial charge in [-0.2, -0.15) is 0 Å². The summed E-state index contributed by atoms with van der Waals surface area (Å²) in [6.07, 6.45) is 5.08. The lowest BCUT2D eigenvalue weighted by Gasteiger charge is -2.62. The van der Waals surface area contributed by atoms with Crippen molar-refractivity contribution in [2.45, 2.75) is 111 Å². The number of allylic oxidation sites excluding steroid dienone is 1. The Kier molecular flexibility index (Phi) is 9.70. The first kappa shape index (κ1) is 35.4. The molecular formula is C38H54N2O7. The number of hydrogen-bond acceptors (Lipinski definition) is 9. The van der Waals surface area contributed by atoms with Gasteiger partial charge < -0.3 is 24.8 Å². The van der Waals surface area contributed by atoms with E-state index in [-0.39, 0.29) is 41.8 Å². The maximum Gasteiger partial charge on any atom is 0.333 e. The summed E-state index contributed by atoms with van der Waals surface area (Å²) in [6.45, 7) is 16.6. The highest BCUT2D eigenvalue weighted by Crippen LogP contribution is 2.62. The molecule has 9 heteroatoms. The molecular weight excluding hydrogens is 596 g/mol. The maximum absolute atomic E-state index is 12.8. The molecule has 4 bridgehead atoms. The third kappa shape index (κ3) is 6.24. The van der Waals surface area contributed by atoms with Crippen LogP contribution in [0.5, 0.6) is 0 Å². The van der Waals surface area contributed by atoms with Crippen LogP contribution in [0.25, 0.3) is 5.57 Å². The number of ether oxygens (including phenoxy) is 2. The Bertz CT molecular complexity index is 1470. The second-order valence-electron chi connectivity index (χ2n) is 15.6. The summed E-state index contributed by atoms with van der Waals surface area (Å²) < 4.78 is 10.1. The van der Waals surface area contributed by atoms with Crippen molar-refractivity contribution in [2.75, 3.05) is 19.8 Å². The molecule has 8 rings (SSSR count). The minimum atomic E-state index is -1.10. The summed E-state index contributed by atoms with van der Waals surface area (Å²) in [6, 6.07) is 6.81. The van der Waals surface area contributed by atoms with Gasteiger partial charge in [-0.15, -0.1) is 0 Å². The van der Waals surface area contributed by atoms with E-state index in [1.54, 1.807) is 20.8 Å². The van der Waals surface area contributed by atoms with E-state index in [1.165, 1.54) is 0 Å². The molecule has 8 atom stereocenters. The van der Waals surface area contributed by atoms with Crippen molar-refractivity contribution in [1.82, 2.24) is 0 Å². The van der Waals surface area contributed by atoms with Gasteiger partial charge in [0.2, 0.25) is 0 Å².